The Kier molecular flexibility index (Phi) is 2.94. The third kappa shape index (κ3) is 2.44. The van der Waals surface area contributed by atoms with Crippen LogP contribution in [0.3, 0.4) is 0 Å². The lowest BCUT2D eigenvalue weighted by Gasteiger charge is -2.23. The Bertz CT molecular complexity index is 372. The zero-order chi connectivity index (χ0) is 11.6. The van der Waals surface area contributed by atoms with Crippen LogP contribution in [0.15, 0.2) is 6.33 Å². The van der Waals surface area contributed by atoms with Crippen molar-refractivity contribution in [3.8, 4) is 0 Å². The van der Waals surface area contributed by atoms with Crippen LogP contribution in [0.25, 0.3) is 0 Å². The molecular weight excluding hydrogens is 200 g/mol. The Balaban J connectivity index is 3.03. The van der Waals surface area contributed by atoms with E-state index in [9.17, 15) is 10.1 Å². The second kappa shape index (κ2) is 3.85. The number of anilines is 1. The van der Waals surface area contributed by atoms with Crippen LogP contribution in [0.5, 0.6) is 0 Å². The van der Waals surface area contributed by atoms with Gasteiger partial charge >= 0.3 is 5.82 Å². The van der Waals surface area contributed by atoms with E-state index in [2.05, 4.69) is 10.3 Å². The molecule has 0 amide bonds. The van der Waals surface area contributed by atoms with Gasteiger partial charge in [0.1, 0.15) is 0 Å². The normalized spacial score (nSPS) is 11.5. The van der Waals surface area contributed by atoms with Crippen molar-refractivity contribution in [1.29, 1.82) is 0 Å². The molecule has 0 bridgehead atoms. The fourth-order valence-electron chi connectivity index (χ4n) is 1.06. The van der Waals surface area contributed by atoms with Crippen molar-refractivity contribution in [1.82, 2.24) is 9.55 Å². The van der Waals surface area contributed by atoms with E-state index in [1.165, 1.54) is 10.9 Å². The molecule has 84 valence electrons. The molecule has 7 nitrogen and oxygen atoms in total. The zero-order valence-corrected chi connectivity index (χ0v) is 8.89. The molecule has 0 radical (unpaired) electrons. The van der Waals surface area contributed by atoms with Crippen LogP contribution in [-0.2, 0) is 7.05 Å². The van der Waals surface area contributed by atoms with E-state index in [1.54, 1.807) is 20.9 Å². The van der Waals surface area contributed by atoms with Gasteiger partial charge in [-0.05, 0) is 23.8 Å². The molecule has 7 heteroatoms. The van der Waals surface area contributed by atoms with E-state index in [1.807, 2.05) is 0 Å². The first-order chi connectivity index (χ1) is 6.87. The highest BCUT2D eigenvalue weighted by Gasteiger charge is 2.25. The maximum Gasteiger partial charge on any atom is 0.406 e. The van der Waals surface area contributed by atoms with Gasteiger partial charge < -0.3 is 20.5 Å². The first-order valence-corrected chi connectivity index (χ1v) is 4.42. The average molecular weight is 214 g/mol. The monoisotopic (exact) mass is 214 g/mol. The fourth-order valence-corrected chi connectivity index (χ4v) is 1.06. The summed E-state index contributed by atoms with van der Waals surface area (Å²) in [5.41, 5.74) is -0.626. The molecule has 1 heterocycles. The minimum atomic E-state index is -0.626. The molecule has 1 aromatic rings. The second-order valence-corrected chi connectivity index (χ2v) is 3.95. The summed E-state index contributed by atoms with van der Waals surface area (Å²) >= 11 is 0. The minimum absolute atomic E-state index is 0.130. The topological polar surface area (TPSA) is 93.2 Å². The summed E-state index contributed by atoms with van der Waals surface area (Å²) in [5, 5.41) is 22.6. The smallest absolute Gasteiger partial charge is 0.394 e. The number of nitrogens with one attached hydrogen (secondary N) is 1. The highest BCUT2D eigenvalue weighted by Crippen LogP contribution is 2.24. The van der Waals surface area contributed by atoms with Gasteiger partial charge in [0.15, 0.2) is 0 Å². The lowest BCUT2D eigenvalue weighted by Crippen LogP contribution is -2.35. The fraction of sp³-hybridized carbons (Fsp3) is 0.625. The largest absolute Gasteiger partial charge is 0.406 e. The van der Waals surface area contributed by atoms with Crippen molar-refractivity contribution in [3.63, 3.8) is 0 Å². The second-order valence-electron chi connectivity index (χ2n) is 3.95. The number of aryl methyl sites for hydroxylation is 1. The Labute approximate surface area is 86.9 Å². The van der Waals surface area contributed by atoms with Crippen LogP contribution in [0.4, 0.5) is 11.6 Å². The van der Waals surface area contributed by atoms with Gasteiger partial charge in [-0.3, -0.25) is 4.57 Å². The number of aliphatic hydroxyl groups is 1. The maximum absolute atomic E-state index is 10.6. The molecule has 1 rings (SSSR count). The number of nitro groups is 1. The Morgan fingerprint density at radius 1 is 1.73 bits per heavy atom. The van der Waals surface area contributed by atoms with Gasteiger partial charge in [0, 0.05) is 7.05 Å². The number of aliphatic hydroxyl groups excluding tert-OH is 1. The third-order valence-electron chi connectivity index (χ3n) is 1.94. The first-order valence-electron chi connectivity index (χ1n) is 4.42. The molecule has 0 aliphatic carbocycles. The molecule has 15 heavy (non-hydrogen) atoms. The van der Waals surface area contributed by atoms with E-state index in [-0.39, 0.29) is 12.4 Å². The van der Waals surface area contributed by atoms with Gasteiger partial charge in [0.25, 0.3) is 0 Å². The van der Waals surface area contributed by atoms with Gasteiger partial charge in [0.2, 0.25) is 12.1 Å². The summed E-state index contributed by atoms with van der Waals surface area (Å²) in [6, 6.07) is 0. The summed E-state index contributed by atoms with van der Waals surface area (Å²) < 4.78 is 1.51. The van der Waals surface area contributed by atoms with E-state index < -0.39 is 10.5 Å². The number of hydrogen-bond acceptors (Lipinski definition) is 5. The van der Waals surface area contributed by atoms with Gasteiger partial charge in [-0.2, -0.15) is 0 Å². The molecule has 0 aliphatic heterocycles. The van der Waals surface area contributed by atoms with Gasteiger partial charge in [-0.1, -0.05) is 0 Å². The Hall–Kier alpha value is -1.63. The summed E-state index contributed by atoms with van der Waals surface area (Å²) in [6.07, 6.45) is 1.36. The molecule has 1 aromatic heterocycles. The van der Waals surface area contributed by atoms with E-state index in [4.69, 9.17) is 5.11 Å². The quantitative estimate of drug-likeness (QED) is 0.562. The van der Waals surface area contributed by atoms with Crippen molar-refractivity contribution < 1.29 is 10.0 Å². The Morgan fingerprint density at radius 2 is 2.33 bits per heavy atom. The van der Waals surface area contributed by atoms with Crippen molar-refractivity contribution in [2.45, 2.75) is 19.4 Å². The molecule has 0 atom stereocenters. The van der Waals surface area contributed by atoms with Gasteiger partial charge in [-0.25, -0.2) is 0 Å². The summed E-state index contributed by atoms with van der Waals surface area (Å²) in [4.78, 5) is 13.7. The minimum Gasteiger partial charge on any atom is -0.394 e. The van der Waals surface area contributed by atoms with Gasteiger partial charge in [0.05, 0.1) is 12.1 Å². The van der Waals surface area contributed by atoms with Crippen molar-refractivity contribution >= 4 is 11.6 Å². The van der Waals surface area contributed by atoms with Crippen molar-refractivity contribution in [2.75, 3.05) is 11.9 Å². The number of imidazole rings is 1. The Morgan fingerprint density at radius 3 is 2.80 bits per heavy atom. The number of aromatic nitrogens is 2. The summed E-state index contributed by atoms with van der Waals surface area (Å²) in [5.74, 6) is 0.0538. The first kappa shape index (κ1) is 11.4. The molecule has 0 aromatic carbocycles. The van der Waals surface area contributed by atoms with Crippen LogP contribution < -0.4 is 5.32 Å². The predicted molar refractivity (Wildman–Crippen MR) is 54.6 cm³/mol. The van der Waals surface area contributed by atoms with Crippen LogP contribution in [0.2, 0.25) is 0 Å². The lowest BCUT2D eigenvalue weighted by atomic mass is 10.1. The molecule has 0 fully saturated rings. The van der Waals surface area contributed by atoms with E-state index in [0.717, 1.165) is 0 Å². The third-order valence-corrected chi connectivity index (χ3v) is 1.94. The van der Waals surface area contributed by atoms with Crippen LogP contribution in [0.1, 0.15) is 13.8 Å². The number of hydrogen-bond donors (Lipinski definition) is 2. The molecular formula is C8H14N4O3. The van der Waals surface area contributed by atoms with Crippen LogP contribution in [-0.4, -0.2) is 31.7 Å². The number of nitrogens with zero attached hydrogens (tertiary/aromatic N) is 3. The SMILES string of the molecule is Cn1cnc([N+](=O)[O-])c1NC(C)(C)CO. The van der Waals surface area contributed by atoms with E-state index in [0.29, 0.717) is 5.82 Å². The molecule has 0 saturated heterocycles. The molecule has 0 spiro atoms. The van der Waals surface area contributed by atoms with Crippen LogP contribution in [0, 0.1) is 10.1 Å². The average Bonchev–Trinajstić information content (AvgIpc) is 2.48. The lowest BCUT2D eigenvalue weighted by molar-refractivity contribution is -0.388. The standard InChI is InChI=1S/C8H14N4O3/c1-8(2,4-13)10-7-6(12(14)15)9-5-11(7)3/h5,10,13H,4H2,1-3H3. The summed E-state index contributed by atoms with van der Waals surface area (Å²) in [6.45, 7) is 3.35. The maximum atomic E-state index is 10.6. The van der Waals surface area contributed by atoms with Crippen molar-refractivity contribution in [3.05, 3.63) is 16.4 Å². The van der Waals surface area contributed by atoms with E-state index >= 15 is 0 Å². The highest BCUT2D eigenvalue weighted by atomic mass is 16.6. The molecule has 0 unspecified atom stereocenters. The number of rotatable bonds is 4. The molecule has 2 N–H and O–H groups in total. The molecule has 0 saturated carbocycles. The summed E-state index contributed by atoms with van der Waals surface area (Å²) in [7, 11) is 1.65. The molecule has 0 aliphatic rings. The van der Waals surface area contributed by atoms with Crippen molar-refractivity contribution in [2.24, 2.45) is 7.05 Å². The van der Waals surface area contributed by atoms with Crippen LogP contribution >= 0.6 is 0 Å². The highest BCUT2D eigenvalue weighted by molar-refractivity contribution is 5.53. The van der Waals surface area contributed by atoms with Gasteiger partial charge in [-0.15, -0.1) is 0 Å². The predicted octanol–water partition coefficient (Wildman–Crippen LogP) is 0.511. The zero-order valence-electron chi connectivity index (χ0n) is 8.89.